The molecule has 1 unspecified atom stereocenters. The van der Waals surface area contributed by atoms with Gasteiger partial charge in [0.15, 0.2) is 0 Å². The first-order chi connectivity index (χ1) is 6.11. The highest BCUT2D eigenvalue weighted by Crippen LogP contribution is 2.06. The summed E-state index contributed by atoms with van der Waals surface area (Å²) < 4.78 is 4.61. The molecule has 0 aliphatic rings. The molecule has 13 heavy (non-hydrogen) atoms. The summed E-state index contributed by atoms with van der Waals surface area (Å²) >= 11 is 0. The average Bonchev–Trinajstić information content (AvgIpc) is 2.10. The van der Waals surface area contributed by atoms with Crippen molar-refractivity contribution in [3.8, 4) is 0 Å². The van der Waals surface area contributed by atoms with E-state index in [9.17, 15) is 9.59 Å². The number of hydrogen-bond acceptors (Lipinski definition) is 3. The van der Waals surface area contributed by atoms with E-state index >= 15 is 0 Å². The molecule has 0 bridgehead atoms. The zero-order valence-corrected chi connectivity index (χ0v) is 8.42. The first-order valence-electron chi connectivity index (χ1n) is 4.44. The van der Waals surface area contributed by atoms with E-state index in [1.807, 2.05) is 6.92 Å². The number of nitrogens with one attached hydrogen (secondary N) is 1. The molecule has 0 aliphatic carbocycles. The number of carbonyl (C=O) groups is 2. The molecule has 0 saturated carbocycles. The molecule has 1 atom stereocenters. The van der Waals surface area contributed by atoms with E-state index in [1.54, 1.807) is 0 Å². The molecule has 0 aliphatic heterocycles. The van der Waals surface area contributed by atoms with Crippen molar-refractivity contribution in [1.29, 1.82) is 0 Å². The van der Waals surface area contributed by atoms with Gasteiger partial charge in [-0.3, -0.25) is 9.59 Å². The minimum Gasteiger partial charge on any atom is -0.469 e. The lowest BCUT2D eigenvalue weighted by atomic mass is 10.0. The minimum atomic E-state index is -0.254. The highest BCUT2D eigenvalue weighted by atomic mass is 16.5. The summed E-state index contributed by atoms with van der Waals surface area (Å²) in [5, 5.41) is 2.61. The predicted molar refractivity (Wildman–Crippen MR) is 49.1 cm³/mol. The summed E-state index contributed by atoms with van der Waals surface area (Å²) in [4.78, 5) is 21.7. The van der Waals surface area contributed by atoms with Crippen LogP contribution < -0.4 is 5.32 Å². The zero-order chi connectivity index (χ0) is 10.3. The van der Waals surface area contributed by atoms with Crippen LogP contribution in [0.1, 0.15) is 26.7 Å². The van der Waals surface area contributed by atoms with Gasteiger partial charge in [0.2, 0.25) is 5.91 Å². The Labute approximate surface area is 78.6 Å². The molecule has 0 aromatic carbocycles. The van der Waals surface area contributed by atoms with Crippen LogP contribution in [0.25, 0.3) is 0 Å². The fourth-order valence-electron chi connectivity index (χ4n) is 1.09. The second kappa shape index (κ2) is 6.46. The van der Waals surface area contributed by atoms with Crippen molar-refractivity contribution in [2.75, 3.05) is 13.7 Å². The number of esters is 1. The molecule has 0 saturated heterocycles. The number of rotatable bonds is 5. The van der Waals surface area contributed by atoms with Crippen molar-refractivity contribution in [2.24, 2.45) is 5.92 Å². The van der Waals surface area contributed by atoms with Crippen molar-refractivity contribution in [1.82, 2.24) is 5.32 Å². The van der Waals surface area contributed by atoms with Gasteiger partial charge in [-0.2, -0.15) is 0 Å². The Balaban J connectivity index is 3.93. The van der Waals surface area contributed by atoms with Crippen LogP contribution in [-0.4, -0.2) is 25.5 Å². The van der Waals surface area contributed by atoms with Crippen LogP contribution in [-0.2, 0) is 14.3 Å². The van der Waals surface area contributed by atoms with Gasteiger partial charge >= 0.3 is 5.97 Å². The average molecular weight is 187 g/mol. The van der Waals surface area contributed by atoms with E-state index in [2.05, 4.69) is 10.1 Å². The summed E-state index contributed by atoms with van der Waals surface area (Å²) in [5.41, 5.74) is 0. The Kier molecular flexibility index (Phi) is 5.93. The minimum absolute atomic E-state index is 0.120. The summed E-state index contributed by atoms with van der Waals surface area (Å²) in [6.07, 6.45) is 1.65. The Hall–Kier alpha value is -1.06. The summed E-state index contributed by atoms with van der Waals surface area (Å²) in [6, 6.07) is 0. The van der Waals surface area contributed by atoms with Crippen molar-refractivity contribution < 1.29 is 14.3 Å². The molecule has 0 aromatic heterocycles. The van der Waals surface area contributed by atoms with Gasteiger partial charge in [-0.05, 0) is 6.42 Å². The molecular weight excluding hydrogens is 170 g/mol. The number of hydrogen-bond donors (Lipinski definition) is 1. The zero-order valence-electron chi connectivity index (χ0n) is 8.42. The maximum atomic E-state index is 11.1. The van der Waals surface area contributed by atoms with Crippen LogP contribution >= 0.6 is 0 Å². The molecule has 0 aromatic rings. The summed E-state index contributed by atoms with van der Waals surface area (Å²) in [5.74, 6) is -0.584. The second-order valence-corrected chi connectivity index (χ2v) is 2.95. The van der Waals surface area contributed by atoms with E-state index in [0.717, 1.165) is 12.8 Å². The van der Waals surface area contributed by atoms with Crippen molar-refractivity contribution in [3.63, 3.8) is 0 Å². The van der Waals surface area contributed by atoms with Gasteiger partial charge in [0.1, 0.15) is 0 Å². The van der Waals surface area contributed by atoms with Crippen LogP contribution in [0.3, 0.4) is 0 Å². The third-order valence-electron chi connectivity index (χ3n) is 1.77. The topological polar surface area (TPSA) is 55.4 Å². The molecule has 1 N–H and O–H groups in total. The molecule has 0 rings (SSSR count). The van der Waals surface area contributed by atoms with E-state index in [1.165, 1.54) is 14.0 Å². The van der Waals surface area contributed by atoms with Gasteiger partial charge < -0.3 is 10.1 Å². The van der Waals surface area contributed by atoms with Gasteiger partial charge in [-0.25, -0.2) is 0 Å². The SMILES string of the molecule is CCCC(CNC(C)=O)C(=O)OC. The standard InChI is InChI=1S/C9H17NO3/c1-4-5-8(9(12)13-3)6-10-7(2)11/h8H,4-6H2,1-3H3,(H,10,11). The Bertz CT molecular complexity index is 180. The Morgan fingerprint density at radius 3 is 2.46 bits per heavy atom. The predicted octanol–water partition coefficient (Wildman–Crippen LogP) is 0.712. The number of ether oxygens (including phenoxy) is 1. The molecule has 0 radical (unpaired) electrons. The highest BCUT2D eigenvalue weighted by molar-refractivity contribution is 5.75. The third kappa shape index (κ3) is 5.22. The van der Waals surface area contributed by atoms with Gasteiger partial charge in [-0.1, -0.05) is 13.3 Å². The molecule has 1 amide bonds. The van der Waals surface area contributed by atoms with Gasteiger partial charge in [0.25, 0.3) is 0 Å². The second-order valence-electron chi connectivity index (χ2n) is 2.95. The molecule has 4 nitrogen and oxygen atoms in total. The third-order valence-corrected chi connectivity index (χ3v) is 1.77. The monoisotopic (exact) mass is 187 g/mol. The van der Waals surface area contributed by atoms with E-state index in [-0.39, 0.29) is 17.8 Å². The quantitative estimate of drug-likeness (QED) is 0.645. The van der Waals surface area contributed by atoms with Gasteiger partial charge in [0, 0.05) is 13.5 Å². The van der Waals surface area contributed by atoms with Crippen LogP contribution in [0.2, 0.25) is 0 Å². The largest absolute Gasteiger partial charge is 0.469 e. The highest BCUT2D eigenvalue weighted by Gasteiger charge is 2.17. The van der Waals surface area contributed by atoms with Crippen LogP contribution in [0.15, 0.2) is 0 Å². The molecule has 0 heterocycles. The lowest BCUT2D eigenvalue weighted by Gasteiger charge is -2.13. The molecule has 76 valence electrons. The number of amides is 1. The van der Waals surface area contributed by atoms with Crippen LogP contribution in [0.4, 0.5) is 0 Å². The summed E-state index contributed by atoms with van der Waals surface area (Å²) in [7, 11) is 1.36. The first kappa shape index (κ1) is 11.9. The van der Waals surface area contributed by atoms with E-state index in [4.69, 9.17) is 0 Å². The van der Waals surface area contributed by atoms with Crippen LogP contribution in [0, 0.1) is 5.92 Å². The lowest BCUT2D eigenvalue weighted by Crippen LogP contribution is -2.32. The lowest BCUT2D eigenvalue weighted by molar-refractivity contribution is -0.145. The van der Waals surface area contributed by atoms with Crippen molar-refractivity contribution >= 4 is 11.9 Å². The molecule has 0 fully saturated rings. The maximum absolute atomic E-state index is 11.1. The van der Waals surface area contributed by atoms with Crippen molar-refractivity contribution in [3.05, 3.63) is 0 Å². The molecule has 0 spiro atoms. The molecular formula is C9H17NO3. The normalized spacial score (nSPS) is 11.9. The fourth-order valence-corrected chi connectivity index (χ4v) is 1.09. The van der Waals surface area contributed by atoms with Gasteiger partial charge in [0.05, 0.1) is 13.0 Å². The number of methoxy groups -OCH3 is 1. The Morgan fingerprint density at radius 2 is 2.08 bits per heavy atom. The van der Waals surface area contributed by atoms with E-state index < -0.39 is 0 Å². The van der Waals surface area contributed by atoms with Gasteiger partial charge in [-0.15, -0.1) is 0 Å². The first-order valence-corrected chi connectivity index (χ1v) is 4.44. The van der Waals surface area contributed by atoms with Crippen LogP contribution in [0.5, 0.6) is 0 Å². The molecule has 4 heteroatoms. The fraction of sp³-hybridized carbons (Fsp3) is 0.778. The number of carbonyl (C=O) groups excluding carboxylic acids is 2. The smallest absolute Gasteiger partial charge is 0.310 e. The maximum Gasteiger partial charge on any atom is 0.310 e. The summed E-state index contributed by atoms with van der Waals surface area (Å²) in [6.45, 7) is 3.79. The Morgan fingerprint density at radius 1 is 1.46 bits per heavy atom. The van der Waals surface area contributed by atoms with Crippen molar-refractivity contribution in [2.45, 2.75) is 26.7 Å². The van der Waals surface area contributed by atoms with E-state index in [0.29, 0.717) is 6.54 Å².